The van der Waals surface area contributed by atoms with Crippen LogP contribution >= 0.6 is 11.6 Å². The number of phenols is 1. The van der Waals surface area contributed by atoms with E-state index in [0.717, 1.165) is 23.1 Å². The SMILES string of the molecule is C#CCOc1ccc([C@H]2C3=C(CC(C)(C)CS3(=O)=O)Nc3c(O)cccc3N2C(=O)Cc2ccc(F)cc2Cl)c(F)c1. The molecule has 218 valence electrons. The number of hydrogen-bond acceptors (Lipinski definition) is 6. The van der Waals surface area contributed by atoms with Crippen LogP contribution in [0.3, 0.4) is 0 Å². The molecular formula is C31H27ClF2N2O5S. The minimum Gasteiger partial charge on any atom is -0.506 e. The highest BCUT2D eigenvalue weighted by atomic mass is 35.5. The number of carbonyl (C=O) groups is 1. The Labute approximate surface area is 247 Å². The van der Waals surface area contributed by atoms with Crippen molar-refractivity contribution in [2.75, 3.05) is 22.6 Å². The first kappa shape index (κ1) is 29.4. The Morgan fingerprint density at radius 2 is 1.98 bits per heavy atom. The first-order valence-corrected chi connectivity index (χ1v) is 15.0. The molecule has 0 aromatic heterocycles. The van der Waals surface area contributed by atoms with E-state index in [1.165, 1.54) is 36.4 Å². The highest BCUT2D eigenvalue weighted by Gasteiger charge is 2.47. The number of amides is 1. The van der Waals surface area contributed by atoms with E-state index < -0.39 is 38.8 Å². The van der Waals surface area contributed by atoms with Crippen molar-refractivity contribution in [3.05, 3.63) is 93.0 Å². The Balaban J connectivity index is 1.78. The van der Waals surface area contributed by atoms with Crippen molar-refractivity contribution in [3.8, 4) is 23.8 Å². The molecule has 0 saturated carbocycles. The number of sulfone groups is 1. The number of rotatable bonds is 5. The summed E-state index contributed by atoms with van der Waals surface area (Å²) in [6, 6.07) is 10.4. The number of terminal acetylenes is 1. The van der Waals surface area contributed by atoms with Crippen molar-refractivity contribution in [1.82, 2.24) is 0 Å². The summed E-state index contributed by atoms with van der Waals surface area (Å²) < 4.78 is 63.1. The normalized spacial score (nSPS) is 18.7. The second-order valence-electron chi connectivity index (χ2n) is 11.0. The summed E-state index contributed by atoms with van der Waals surface area (Å²) in [5, 5.41) is 14.0. The van der Waals surface area contributed by atoms with Gasteiger partial charge in [-0.2, -0.15) is 0 Å². The number of para-hydroxylation sites is 1. The predicted molar refractivity (Wildman–Crippen MR) is 157 cm³/mol. The Morgan fingerprint density at radius 1 is 1.21 bits per heavy atom. The number of nitrogens with zero attached hydrogens (tertiary/aromatic N) is 1. The summed E-state index contributed by atoms with van der Waals surface area (Å²) in [7, 11) is -4.10. The number of allylic oxidation sites excluding steroid dienone is 1. The summed E-state index contributed by atoms with van der Waals surface area (Å²) >= 11 is 6.24. The molecular weight excluding hydrogens is 586 g/mol. The number of nitrogens with one attached hydrogen (secondary N) is 1. The van der Waals surface area contributed by atoms with E-state index in [4.69, 9.17) is 22.8 Å². The van der Waals surface area contributed by atoms with Gasteiger partial charge in [0.1, 0.15) is 41.5 Å². The maximum Gasteiger partial charge on any atom is 0.232 e. The van der Waals surface area contributed by atoms with Crippen LogP contribution in [0.2, 0.25) is 5.02 Å². The van der Waals surface area contributed by atoms with Crippen LogP contribution < -0.4 is 15.0 Å². The van der Waals surface area contributed by atoms with Crippen LogP contribution in [0.5, 0.6) is 11.5 Å². The summed E-state index contributed by atoms with van der Waals surface area (Å²) in [5.41, 5.74) is -0.0878. The van der Waals surface area contributed by atoms with Crippen LogP contribution in [0.25, 0.3) is 0 Å². The lowest BCUT2D eigenvalue weighted by molar-refractivity contribution is -0.118. The second-order valence-corrected chi connectivity index (χ2v) is 13.4. The van der Waals surface area contributed by atoms with Crippen LogP contribution in [0.1, 0.15) is 37.4 Å². The van der Waals surface area contributed by atoms with E-state index in [-0.39, 0.29) is 74.8 Å². The molecule has 2 aliphatic rings. The fourth-order valence-electron chi connectivity index (χ4n) is 5.52. The highest BCUT2D eigenvalue weighted by molar-refractivity contribution is 7.95. The molecule has 0 saturated heterocycles. The number of hydrogen-bond donors (Lipinski definition) is 2. The number of halogens is 3. The van der Waals surface area contributed by atoms with Gasteiger partial charge in [-0.1, -0.05) is 43.5 Å². The Bertz CT molecular complexity index is 1780. The molecule has 2 N–H and O–H groups in total. The zero-order valence-electron chi connectivity index (χ0n) is 22.7. The van der Waals surface area contributed by atoms with Crippen LogP contribution in [0, 0.1) is 29.4 Å². The van der Waals surface area contributed by atoms with Gasteiger partial charge in [-0.15, -0.1) is 6.42 Å². The van der Waals surface area contributed by atoms with Gasteiger partial charge in [0, 0.05) is 22.3 Å². The average molecular weight is 613 g/mol. The molecule has 0 radical (unpaired) electrons. The molecule has 3 aromatic rings. The molecule has 0 aliphatic carbocycles. The molecule has 3 aromatic carbocycles. The zero-order chi connectivity index (χ0) is 30.4. The molecule has 2 aliphatic heterocycles. The maximum atomic E-state index is 16.0. The van der Waals surface area contributed by atoms with Crippen molar-refractivity contribution in [2.24, 2.45) is 5.41 Å². The molecule has 7 nitrogen and oxygen atoms in total. The highest BCUT2D eigenvalue weighted by Crippen LogP contribution is 2.51. The minimum atomic E-state index is -4.10. The van der Waals surface area contributed by atoms with Crippen LogP contribution in [-0.4, -0.2) is 31.8 Å². The molecule has 42 heavy (non-hydrogen) atoms. The van der Waals surface area contributed by atoms with Gasteiger partial charge in [-0.3, -0.25) is 9.69 Å². The largest absolute Gasteiger partial charge is 0.506 e. The van der Waals surface area contributed by atoms with Gasteiger partial charge in [0.05, 0.1) is 22.8 Å². The van der Waals surface area contributed by atoms with Gasteiger partial charge < -0.3 is 15.2 Å². The molecule has 0 bridgehead atoms. The lowest BCUT2D eigenvalue weighted by Gasteiger charge is -2.37. The Kier molecular flexibility index (Phi) is 7.68. The first-order valence-electron chi connectivity index (χ1n) is 13.0. The Hall–Kier alpha value is -4.07. The van der Waals surface area contributed by atoms with Gasteiger partial charge >= 0.3 is 0 Å². The van der Waals surface area contributed by atoms with Crippen molar-refractivity contribution in [2.45, 2.75) is 32.7 Å². The third kappa shape index (κ3) is 5.54. The van der Waals surface area contributed by atoms with E-state index in [9.17, 15) is 22.7 Å². The molecule has 2 heterocycles. The Morgan fingerprint density at radius 3 is 2.67 bits per heavy atom. The van der Waals surface area contributed by atoms with E-state index in [2.05, 4.69) is 11.2 Å². The summed E-state index contributed by atoms with van der Waals surface area (Å²) in [4.78, 5) is 15.2. The number of ether oxygens (including phenoxy) is 1. The number of aromatic hydroxyl groups is 1. The monoisotopic (exact) mass is 612 g/mol. The molecule has 0 spiro atoms. The van der Waals surface area contributed by atoms with Crippen molar-refractivity contribution in [3.63, 3.8) is 0 Å². The maximum absolute atomic E-state index is 16.0. The van der Waals surface area contributed by atoms with E-state index in [1.807, 2.05) is 0 Å². The van der Waals surface area contributed by atoms with Crippen molar-refractivity contribution in [1.29, 1.82) is 0 Å². The van der Waals surface area contributed by atoms with Crippen LogP contribution in [-0.2, 0) is 21.1 Å². The lowest BCUT2D eigenvalue weighted by Crippen LogP contribution is -2.42. The summed E-state index contributed by atoms with van der Waals surface area (Å²) in [6.45, 7) is 3.47. The molecule has 1 amide bonds. The van der Waals surface area contributed by atoms with Crippen molar-refractivity contribution >= 4 is 38.7 Å². The first-order chi connectivity index (χ1) is 19.8. The van der Waals surface area contributed by atoms with Crippen LogP contribution in [0.4, 0.5) is 20.2 Å². The molecule has 0 unspecified atom stereocenters. The van der Waals surface area contributed by atoms with E-state index >= 15 is 4.39 Å². The molecule has 1 atom stereocenters. The fraction of sp³-hybridized carbons (Fsp3) is 0.258. The van der Waals surface area contributed by atoms with Gasteiger partial charge in [-0.05, 0) is 53.8 Å². The lowest BCUT2D eigenvalue weighted by atomic mass is 9.88. The zero-order valence-corrected chi connectivity index (χ0v) is 24.3. The number of anilines is 2. The fourth-order valence-corrected chi connectivity index (χ4v) is 8.11. The standard InChI is InChI=1S/C31H27ClF2N2O5S/c1-4-12-41-20-10-11-21(23(34)15-20)29-30-24(16-31(2,3)17-42(30,39)40)35-28-25(6-5-7-26(28)37)36(29)27(38)13-18-8-9-19(33)14-22(18)32/h1,5-11,14-15,29,35,37H,12-13,16-17H2,2-3H3/t29-/m0/s1. The van der Waals surface area contributed by atoms with Gasteiger partial charge in [0.15, 0.2) is 9.84 Å². The molecule has 5 rings (SSSR count). The topological polar surface area (TPSA) is 95.9 Å². The van der Waals surface area contributed by atoms with Gasteiger partial charge in [-0.25, -0.2) is 17.2 Å². The van der Waals surface area contributed by atoms with E-state index in [0.29, 0.717) is 0 Å². The second kappa shape index (κ2) is 11.0. The summed E-state index contributed by atoms with van der Waals surface area (Å²) in [6.07, 6.45) is 5.12. The number of carbonyl (C=O) groups excluding carboxylic acids is 1. The average Bonchev–Trinajstić information content (AvgIpc) is 3.03. The minimum absolute atomic E-state index is 0.00267. The number of phenolic OH excluding ortho intramolecular Hbond substituents is 1. The van der Waals surface area contributed by atoms with Crippen molar-refractivity contribution < 1.29 is 31.8 Å². The van der Waals surface area contributed by atoms with E-state index in [1.54, 1.807) is 13.8 Å². The third-order valence-corrected chi connectivity index (χ3v) is 9.80. The smallest absolute Gasteiger partial charge is 0.232 e. The quantitative estimate of drug-likeness (QED) is 0.266. The van der Waals surface area contributed by atoms with Gasteiger partial charge in [0.2, 0.25) is 5.91 Å². The number of benzene rings is 3. The van der Waals surface area contributed by atoms with Gasteiger partial charge in [0.25, 0.3) is 0 Å². The summed E-state index contributed by atoms with van der Waals surface area (Å²) in [5.74, 6) is -0.163. The van der Waals surface area contributed by atoms with Crippen LogP contribution in [0.15, 0.2) is 65.2 Å². The third-order valence-electron chi connectivity index (χ3n) is 7.15. The molecule has 0 fully saturated rings. The number of fused-ring (bicyclic) bond motifs is 1. The predicted octanol–water partition coefficient (Wildman–Crippen LogP) is 6.13. The molecule has 11 heteroatoms.